The molecule has 16 heavy (non-hydrogen) atoms. The summed E-state index contributed by atoms with van der Waals surface area (Å²) in [6, 6.07) is 2.63. The van der Waals surface area contributed by atoms with E-state index in [1.807, 2.05) is 30.3 Å². The highest BCUT2D eigenvalue weighted by atomic mass is 16.5. The van der Waals surface area contributed by atoms with Crippen LogP contribution in [0.15, 0.2) is 18.5 Å². The van der Waals surface area contributed by atoms with Crippen LogP contribution in [0.2, 0.25) is 0 Å². The normalized spacial score (nSPS) is 25.8. The molecular weight excluding hydrogens is 202 g/mol. The van der Waals surface area contributed by atoms with E-state index in [1.165, 1.54) is 25.7 Å². The Hall–Kier alpha value is -0.870. The molecule has 0 unspecified atom stereocenters. The molecule has 2 rings (SSSR count). The molecule has 1 aromatic rings. The zero-order chi connectivity index (χ0) is 11.2. The van der Waals surface area contributed by atoms with Gasteiger partial charge in [0, 0.05) is 32.1 Å². The third-order valence-electron chi connectivity index (χ3n) is 3.34. The van der Waals surface area contributed by atoms with Crippen molar-refractivity contribution >= 4 is 0 Å². The van der Waals surface area contributed by atoms with E-state index < -0.39 is 0 Å². The Kier molecular flexibility index (Phi) is 4.36. The van der Waals surface area contributed by atoms with Crippen LogP contribution in [0.1, 0.15) is 25.7 Å². The Morgan fingerprint density at radius 2 is 2.19 bits per heavy atom. The fourth-order valence-electron chi connectivity index (χ4n) is 2.32. The zero-order valence-corrected chi connectivity index (χ0v) is 9.93. The molecule has 1 saturated carbocycles. The molecule has 4 heteroatoms. The van der Waals surface area contributed by atoms with Crippen LogP contribution in [0.3, 0.4) is 0 Å². The molecule has 1 aromatic heterocycles. The van der Waals surface area contributed by atoms with Crippen LogP contribution in [-0.4, -0.2) is 35.6 Å². The van der Waals surface area contributed by atoms with E-state index in [9.17, 15) is 0 Å². The van der Waals surface area contributed by atoms with Gasteiger partial charge in [-0.3, -0.25) is 4.68 Å². The second-order valence-corrected chi connectivity index (χ2v) is 4.43. The minimum absolute atomic E-state index is 0.490. The molecule has 0 aliphatic heterocycles. The third kappa shape index (κ3) is 3.32. The standard InChI is InChI=1S/C12H21N3O/c1-16-12-5-3-11(4-6-12)13-8-10-15-9-2-7-14-15/h2,7,9,11-13H,3-6,8,10H2,1H3. The average molecular weight is 223 g/mol. The Balaban J connectivity index is 1.60. The molecule has 0 saturated heterocycles. The Morgan fingerprint density at radius 1 is 1.38 bits per heavy atom. The lowest BCUT2D eigenvalue weighted by atomic mass is 9.93. The van der Waals surface area contributed by atoms with Gasteiger partial charge in [-0.05, 0) is 31.7 Å². The summed E-state index contributed by atoms with van der Waals surface area (Å²) in [5.41, 5.74) is 0. The molecule has 0 atom stereocenters. The molecule has 1 heterocycles. The lowest BCUT2D eigenvalue weighted by molar-refractivity contribution is 0.0625. The summed E-state index contributed by atoms with van der Waals surface area (Å²) < 4.78 is 7.33. The first-order valence-corrected chi connectivity index (χ1v) is 6.12. The van der Waals surface area contributed by atoms with Crippen molar-refractivity contribution < 1.29 is 4.74 Å². The van der Waals surface area contributed by atoms with E-state index in [-0.39, 0.29) is 0 Å². The van der Waals surface area contributed by atoms with Crippen LogP contribution in [0.4, 0.5) is 0 Å². The van der Waals surface area contributed by atoms with Crippen molar-refractivity contribution in [3.05, 3.63) is 18.5 Å². The summed E-state index contributed by atoms with van der Waals surface area (Å²) in [5, 5.41) is 7.77. The van der Waals surface area contributed by atoms with Crippen molar-refractivity contribution in [3.8, 4) is 0 Å². The van der Waals surface area contributed by atoms with E-state index in [0.717, 1.165) is 13.1 Å². The van der Waals surface area contributed by atoms with Crippen LogP contribution in [0.25, 0.3) is 0 Å². The smallest absolute Gasteiger partial charge is 0.0572 e. The molecule has 1 N–H and O–H groups in total. The van der Waals surface area contributed by atoms with Gasteiger partial charge in [0.15, 0.2) is 0 Å². The van der Waals surface area contributed by atoms with Crippen LogP contribution in [0, 0.1) is 0 Å². The molecule has 0 bridgehead atoms. The number of methoxy groups -OCH3 is 1. The highest BCUT2D eigenvalue weighted by Crippen LogP contribution is 2.20. The summed E-state index contributed by atoms with van der Waals surface area (Å²) in [4.78, 5) is 0. The van der Waals surface area contributed by atoms with Gasteiger partial charge in [0.05, 0.1) is 12.6 Å². The number of aromatic nitrogens is 2. The van der Waals surface area contributed by atoms with Gasteiger partial charge in [0.2, 0.25) is 0 Å². The number of rotatable bonds is 5. The fourth-order valence-corrected chi connectivity index (χ4v) is 2.32. The second kappa shape index (κ2) is 6.01. The van der Waals surface area contributed by atoms with E-state index >= 15 is 0 Å². The SMILES string of the molecule is COC1CCC(NCCn2cccn2)CC1. The summed E-state index contributed by atoms with van der Waals surface area (Å²) >= 11 is 0. The first-order chi connectivity index (χ1) is 7.88. The number of hydrogen-bond acceptors (Lipinski definition) is 3. The molecule has 1 aliphatic rings. The van der Waals surface area contributed by atoms with Gasteiger partial charge in [-0.25, -0.2) is 0 Å². The minimum atomic E-state index is 0.490. The van der Waals surface area contributed by atoms with Crippen LogP contribution in [-0.2, 0) is 11.3 Å². The number of nitrogens with one attached hydrogen (secondary N) is 1. The van der Waals surface area contributed by atoms with Gasteiger partial charge in [-0.2, -0.15) is 5.10 Å². The molecule has 1 fully saturated rings. The van der Waals surface area contributed by atoms with Gasteiger partial charge in [-0.15, -0.1) is 0 Å². The molecule has 1 aliphatic carbocycles. The number of hydrogen-bond donors (Lipinski definition) is 1. The summed E-state index contributed by atoms with van der Waals surface area (Å²) in [6.07, 6.45) is 9.16. The summed E-state index contributed by atoms with van der Waals surface area (Å²) in [7, 11) is 1.82. The largest absolute Gasteiger partial charge is 0.381 e. The fraction of sp³-hybridized carbons (Fsp3) is 0.750. The molecule has 0 radical (unpaired) electrons. The molecular formula is C12H21N3O. The van der Waals surface area contributed by atoms with E-state index in [4.69, 9.17) is 4.74 Å². The van der Waals surface area contributed by atoms with Crippen molar-refractivity contribution in [2.75, 3.05) is 13.7 Å². The first-order valence-electron chi connectivity index (χ1n) is 6.12. The number of ether oxygens (including phenoxy) is 1. The third-order valence-corrected chi connectivity index (χ3v) is 3.34. The zero-order valence-electron chi connectivity index (χ0n) is 9.93. The Bertz CT molecular complexity index is 278. The quantitative estimate of drug-likeness (QED) is 0.820. The lowest BCUT2D eigenvalue weighted by Crippen LogP contribution is -2.36. The van der Waals surface area contributed by atoms with E-state index in [2.05, 4.69) is 10.4 Å². The van der Waals surface area contributed by atoms with Gasteiger partial charge in [0.25, 0.3) is 0 Å². The van der Waals surface area contributed by atoms with E-state index in [1.54, 1.807) is 0 Å². The van der Waals surface area contributed by atoms with Gasteiger partial charge < -0.3 is 10.1 Å². The molecule has 0 amide bonds. The van der Waals surface area contributed by atoms with Gasteiger partial charge in [-0.1, -0.05) is 0 Å². The average Bonchev–Trinajstić information content (AvgIpc) is 2.83. The van der Waals surface area contributed by atoms with E-state index in [0.29, 0.717) is 12.1 Å². The van der Waals surface area contributed by atoms with Crippen molar-refractivity contribution in [3.63, 3.8) is 0 Å². The second-order valence-electron chi connectivity index (χ2n) is 4.43. The maximum absolute atomic E-state index is 5.36. The van der Waals surface area contributed by atoms with Crippen LogP contribution < -0.4 is 5.32 Å². The predicted octanol–water partition coefficient (Wildman–Crippen LogP) is 1.43. The Morgan fingerprint density at radius 3 is 2.81 bits per heavy atom. The van der Waals surface area contributed by atoms with Crippen molar-refractivity contribution in [1.29, 1.82) is 0 Å². The predicted molar refractivity (Wildman–Crippen MR) is 63.3 cm³/mol. The Labute approximate surface area is 97.0 Å². The molecule has 0 aromatic carbocycles. The summed E-state index contributed by atoms with van der Waals surface area (Å²) in [5.74, 6) is 0. The van der Waals surface area contributed by atoms with Crippen molar-refractivity contribution in [2.45, 2.75) is 44.4 Å². The summed E-state index contributed by atoms with van der Waals surface area (Å²) in [6.45, 7) is 1.96. The topological polar surface area (TPSA) is 39.1 Å². The minimum Gasteiger partial charge on any atom is -0.381 e. The maximum Gasteiger partial charge on any atom is 0.0572 e. The van der Waals surface area contributed by atoms with Gasteiger partial charge >= 0.3 is 0 Å². The van der Waals surface area contributed by atoms with Crippen molar-refractivity contribution in [2.24, 2.45) is 0 Å². The lowest BCUT2D eigenvalue weighted by Gasteiger charge is -2.28. The molecule has 90 valence electrons. The highest BCUT2D eigenvalue weighted by Gasteiger charge is 2.19. The van der Waals surface area contributed by atoms with Crippen LogP contribution >= 0.6 is 0 Å². The highest BCUT2D eigenvalue weighted by molar-refractivity contribution is 4.79. The first kappa shape index (κ1) is 11.6. The van der Waals surface area contributed by atoms with Crippen molar-refractivity contribution in [1.82, 2.24) is 15.1 Å². The van der Waals surface area contributed by atoms with Gasteiger partial charge in [0.1, 0.15) is 0 Å². The molecule has 4 nitrogen and oxygen atoms in total. The monoisotopic (exact) mass is 223 g/mol. The molecule has 0 spiro atoms. The number of nitrogens with zero attached hydrogens (tertiary/aromatic N) is 2. The van der Waals surface area contributed by atoms with Crippen LogP contribution in [0.5, 0.6) is 0 Å². The maximum atomic E-state index is 5.36.